The van der Waals surface area contributed by atoms with Crippen LogP contribution in [0.5, 0.6) is 0 Å². The first kappa shape index (κ1) is 15.9. The van der Waals surface area contributed by atoms with E-state index in [1.807, 2.05) is 12.3 Å². The second-order valence-corrected chi connectivity index (χ2v) is 5.97. The first-order valence-electron chi connectivity index (χ1n) is 8.06. The summed E-state index contributed by atoms with van der Waals surface area (Å²) in [6.45, 7) is 5.08. The quantitative estimate of drug-likeness (QED) is 0.891. The molecule has 0 radical (unpaired) electrons. The molecule has 0 bridgehead atoms. The molecule has 2 aromatic heterocycles. The van der Waals surface area contributed by atoms with Crippen molar-refractivity contribution in [2.75, 3.05) is 19.7 Å². The number of nitrogens with one attached hydrogen (secondary N) is 1. The Kier molecular flexibility index (Phi) is 4.88. The third-order valence-electron chi connectivity index (χ3n) is 4.05. The molecule has 0 aliphatic carbocycles. The Labute approximate surface area is 135 Å². The van der Waals surface area contributed by atoms with Crippen molar-refractivity contribution in [1.29, 1.82) is 0 Å². The maximum Gasteiger partial charge on any atom is 0.250 e. The highest BCUT2D eigenvalue weighted by atomic mass is 16.5. The topological polar surface area (TPSA) is 76.0 Å². The van der Waals surface area contributed by atoms with Gasteiger partial charge in [0, 0.05) is 45.4 Å². The van der Waals surface area contributed by atoms with Gasteiger partial charge in [-0.2, -0.15) is 5.10 Å². The molecule has 0 saturated carbocycles. The van der Waals surface area contributed by atoms with Gasteiger partial charge in [0.25, 0.3) is 5.56 Å². The lowest BCUT2D eigenvalue weighted by atomic mass is 10.2. The SMILES string of the molecule is CCCc1nc([C@@H]2CN(Cc3ccn(C)c(=O)c3)CCO2)n[nH]1. The Morgan fingerprint density at radius 1 is 1.48 bits per heavy atom. The van der Waals surface area contributed by atoms with E-state index in [0.29, 0.717) is 6.61 Å². The first-order chi connectivity index (χ1) is 11.2. The maximum atomic E-state index is 11.7. The van der Waals surface area contributed by atoms with Crippen LogP contribution in [0.25, 0.3) is 0 Å². The standard InChI is InChI=1S/C16H23N5O2/c1-3-4-14-17-16(19-18-14)13-11-21(7-8-23-13)10-12-5-6-20(2)15(22)9-12/h5-6,9,13H,3-4,7-8,10-11H2,1-2H3,(H,17,18,19)/t13-/m0/s1. The van der Waals surface area contributed by atoms with Crippen LogP contribution >= 0.6 is 0 Å². The molecule has 7 heteroatoms. The van der Waals surface area contributed by atoms with Gasteiger partial charge in [-0.15, -0.1) is 0 Å². The molecule has 7 nitrogen and oxygen atoms in total. The molecule has 1 saturated heterocycles. The Balaban J connectivity index is 1.65. The van der Waals surface area contributed by atoms with Gasteiger partial charge in [-0.1, -0.05) is 6.92 Å². The number of pyridine rings is 1. The van der Waals surface area contributed by atoms with Gasteiger partial charge >= 0.3 is 0 Å². The third kappa shape index (κ3) is 3.86. The second kappa shape index (κ2) is 7.06. The first-order valence-corrected chi connectivity index (χ1v) is 8.06. The average Bonchev–Trinajstić information content (AvgIpc) is 3.00. The van der Waals surface area contributed by atoms with Crippen molar-refractivity contribution in [2.45, 2.75) is 32.4 Å². The average molecular weight is 317 g/mol. The molecule has 1 aliphatic heterocycles. The van der Waals surface area contributed by atoms with Crippen molar-refractivity contribution in [3.05, 3.63) is 45.9 Å². The van der Waals surface area contributed by atoms with E-state index in [-0.39, 0.29) is 11.7 Å². The largest absolute Gasteiger partial charge is 0.367 e. The van der Waals surface area contributed by atoms with Crippen molar-refractivity contribution in [2.24, 2.45) is 7.05 Å². The molecule has 0 aromatic carbocycles. The fraction of sp³-hybridized carbons (Fsp3) is 0.562. The number of morpholine rings is 1. The van der Waals surface area contributed by atoms with Crippen LogP contribution in [-0.4, -0.2) is 44.3 Å². The molecule has 23 heavy (non-hydrogen) atoms. The number of aromatic nitrogens is 4. The maximum absolute atomic E-state index is 11.7. The van der Waals surface area contributed by atoms with Gasteiger partial charge < -0.3 is 9.30 Å². The van der Waals surface area contributed by atoms with E-state index in [2.05, 4.69) is 27.0 Å². The summed E-state index contributed by atoms with van der Waals surface area (Å²) >= 11 is 0. The zero-order chi connectivity index (χ0) is 16.2. The lowest BCUT2D eigenvalue weighted by Gasteiger charge is -2.31. The predicted octanol–water partition coefficient (Wildman–Crippen LogP) is 1.03. The number of rotatable bonds is 5. The summed E-state index contributed by atoms with van der Waals surface area (Å²) in [6.07, 6.45) is 3.63. The highest BCUT2D eigenvalue weighted by molar-refractivity contribution is 5.11. The minimum Gasteiger partial charge on any atom is -0.367 e. The summed E-state index contributed by atoms with van der Waals surface area (Å²) in [6, 6.07) is 3.68. The molecule has 1 N–H and O–H groups in total. The number of aryl methyl sites for hydroxylation is 2. The molecular formula is C16H23N5O2. The van der Waals surface area contributed by atoms with Crippen LogP contribution < -0.4 is 5.56 Å². The zero-order valence-corrected chi connectivity index (χ0v) is 13.7. The minimum atomic E-state index is -0.114. The summed E-state index contributed by atoms with van der Waals surface area (Å²) in [5.41, 5.74) is 1.04. The lowest BCUT2D eigenvalue weighted by molar-refractivity contribution is -0.0371. The Morgan fingerprint density at radius 3 is 3.13 bits per heavy atom. The summed E-state index contributed by atoms with van der Waals surface area (Å²) in [7, 11) is 1.76. The van der Waals surface area contributed by atoms with Gasteiger partial charge in [0.2, 0.25) is 0 Å². The minimum absolute atomic E-state index is 0.0190. The van der Waals surface area contributed by atoms with E-state index in [1.165, 1.54) is 0 Å². The zero-order valence-electron chi connectivity index (χ0n) is 13.7. The van der Waals surface area contributed by atoms with Crippen LogP contribution in [0.2, 0.25) is 0 Å². The van der Waals surface area contributed by atoms with Crippen LogP contribution in [0.15, 0.2) is 23.1 Å². The number of nitrogens with zero attached hydrogens (tertiary/aromatic N) is 4. The number of aromatic amines is 1. The molecule has 0 unspecified atom stereocenters. The van der Waals surface area contributed by atoms with Crippen molar-refractivity contribution in [1.82, 2.24) is 24.6 Å². The molecule has 1 aliphatic rings. The van der Waals surface area contributed by atoms with Crippen LogP contribution in [-0.2, 0) is 24.8 Å². The molecule has 1 fully saturated rings. The lowest BCUT2D eigenvalue weighted by Crippen LogP contribution is -2.38. The third-order valence-corrected chi connectivity index (χ3v) is 4.05. The van der Waals surface area contributed by atoms with Crippen molar-refractivity contribution < 1.29 is 4.74 Å². The van der Waals surface area contributed by atoms with E-state index >= 15 is 0 Å². The molecule has 3 rings (SSSR count). The highest BCUT2D eigenvalue weighted by Crippen LogP contribution is 2.20. The summed E-state index contributed by atoms with van der Waals surface area (Å²) in [5.74, 6) is 1.64. The summed E-state index contributed by atoms with van der Waals surface area (Å²) < 4.78 is 7.39. The van der Waals surface area contributed by atoms with Crippen LogP contribution in [0.4, 0.5) is 0 Å². The van der Waals surface area contributed by atoms with Crippen molar-refractivity contribution >= 4 is 0 Å². The highest BCUT2D eigenvalue weighted by Gasteiger charge is 2.25. The van der Waals surface area contributed by atoms with E-state index in [9.17, 15) is 4.79 Å². The number of hydrogen-bond acceptors (Lipinski definition) is 5. The van der Waals surface area contributed by atoms with E-state index < -0.39 is 0 Å². The number of H-pyrrole nitrogens is 1. The second-order valence-electron chi connectivity index (χ2n) is 5.97. The molecule has 2 aromatic rings. The van der Waals surface area contributed by atoms with Gasteiger partial charge in [-0.25, -0.2) is 4.98 Å². The molecule has 3 heterocycles. The Bertz CT molecular complexity index is 708. The number of hydrogen-bond donors (Lipinski definition) is 1. The van der Waals surface area contributed by atoms with Crippen molar-refractivity contribution in [3.8, 4) is 0 Å². The van der Waals surface area contributed by atoms with Crippen LogP contribution in [0, 0.1) is 0 Å². The Morgan fingerprint density at radius 2 is 2.35 bits per heavy atom. The van der Waals surface area contributed by atoms with Gasteiger partial charge in [0.05, 0.1) is 6.61 Å². The fourth-order valence-electron chi connectivity index (χ4n) is 2.75. The van der Waals surface area contributed by atoms with Gasteiger partial charge in [0.1, 0.15) is 11.9 Å². The van der Waals surface area contributed by atoms with Crippen LogP contribution in [0.3, 0.4) is 0 Å². The molecule has 0 spiro atoms. The summed E-state index contributed by atoms with van der Waals surface area (Å²) in [4.78, 5) is 18.5. The van der Waals surface area contributed by atoms with Crippen LogP contribution in [0.1, 0.15) is 36.7 Å². The Hall–Kier alpha value is -1.99. The van der Waals surface area contributed by atoms with Gasteiger partial charge in [0.15, 0.2) is 5.82 Å². The fourth-order valence-corrected chi connectivity index (χ4v) is 2.75. The summed E-state index contributed by atoms with van der Waals surface area (Å²) in [5, 5.41) is 7.26. The molecule has 1 atom stereocenters. The van der Waals surface area contributed by atoms with E-state index in [1.54, 1.807) is 17.7 Å². The van der Waals surface area contributed by atoms with Crippen molar-refractivity contribution in [3.63, 3.8) is 0 Å². The normalized spacial score (nSPS) is 19.1. The van der Waals surface area contributed by atoms with E-state index in [4.69, 9.17) is 4.74 Å². The molecular weight excluding hydrogens is 294 g/mol. The smallest absolute Gasteiger partial charge is 0.250 e. The van der Waals surface area contributed by atoms with Gasteiger partial charge in [-0.3, -0.25) is 14.8 Å². The number of ether oxygens (including phenoxy) is 1. The van der Waals surface area contributed by atoms with Gasteiger partial charge in [-0.05, 0) is 18.1 Å². The molecule has 124 valence electrons. The molecule has 0 amide bonds. The monoisotopic (exact) mass is 317 g/mol. The predicted molar refractivity (Wildman–Crippen MR) is 86.0 cm³/mol. The van der Waals surface area contributed by atoms with E-state index in [0.717, 1.165) is 49.7 Å².